The van der Waals surface area contributed by atoms with Crippen molar-refractivity contribution < 1.29 is 4.79 Å². The van der Waals surface area contributed by atoms with E-state index in [1.54, 1.807) is 0 Å². The van der Waals surface area contributed by atoms with Crippen LogP contribution in [-0.4, -0.2) is 48.6 Å². The lowest BCUT2D eigenvalue weighted by Gasteiger charge is -2.37. The summed E-state index contributed by atoms with van der Waals surface area (Å²) in [6, 6.07) is 17.4. The number of nitrogens with zero attached hydrogens (tertiary/aromatic N) is 4. The van der Waals surface area contributed by atoms with Crippen molar-refractivity contribution in [1.29, 1.82) is 0 Å². The van der Waals surface area contributed by atoms with E-state index in [-0.39, 0.29) is 5.91 Å². The van der Waals surface area contributed by atoms with Crippen LogP contribution in [-0.2, 0) is 5.75 Å². The van der Waals surface area contributed by atoms with Crippen LogP contribution in [0.3, 0.4) is 0 Å². The van der Waals surface area contributed by atoms with E-state index >= 15 is 0 Å². The predicted octanol–water partition coefficient (Wildman–Crippen LogP) is 5.93. The summed E-state index contributed by atoms with van der Waals surface area (Å²) in [5.41, 5.74) is 2.83. The van der Waals surface area contributed by atoms with Gasteiger partial charge in [0.25, 0.3) is 5.91 Å². The monoisotopic (exact) mass is 529 g/mol. The van der Waals surface area contributed by atoms with Gasteiger partial charge in [0.1, 0.15) is 11.0 Å². The lowest BCUT2D eigenvalue weighted by molar-refractivity contribution is 0.0953. The molecule has 9 heteroatoms. The van der Waals surface area contributed by atoms with Crippen molar-refractivity contribution in [2.75, 3.05) is 42.5 Å². The van der Waals surface area contributed by atoms with Crippen LogP contribution in [0.15, 0.2) is 59.8 Å². The van der Waals surface area contributed by atoms with E-state index in [9.17, 15) is 4.79 Å². The molecule has 35 heavy (non-hydrogen) atoms. The average Bonchev–Trinajstić information content (AvgIpc) is 2.88. The lowest BCUT2D eigenvalue weighted by Crippen LogP contribution is -2.47. The average molecular weight is 531 g/mol. The van der Waals surface area contributed by atoms with Crippen molar-refractivity contribution in [3.05, 3.63) is 75.9 Å². The van der Waals surface area contributed by atoms with Gasteiger partial charge in [-0.15, -0.1) is 0 Å². The van der Waals surface area contributed by atoms with Gasteiger partial charge in [-0.05, 0) is 36.2 Å². The highest BCUT2D eigenvalue weighted by molar-refractivity contribution is 7.98. The first-order chi connectivity index (χ1) is 17.0. The lowest BCUT2D eigenvalue weighted by atomic mass is 10.1. The molecule has 1 fully saturated rings. The molecule has 3 aromatic rings. The highest BCUT2D eigenvalue weighted by Crippen LogP contribution is 2.28. The number of benzene rings is 2. The Morgan fingerprint density at radius 2 is 1.71 bits per heavy atom. The van der Waals surface area contributed by atoms with Gasteiger partial charge < -0.3 is 15.1 Å². The topological polar surface area (TPSA) is 61.4 Å². The van der Waals surface area contributed by atoms with Gasteiger partial charge >= 0.3 is 0 Å². The maximum absolute atomic E-state index is 12.2. The Morgan fingerprint density at radius 1 is 1.00 bits per heavy atom. The number of halogens is 2. The molecule has 0 saturated carbocycles. The summed E-state index contributed by atoms with van der Waals surface area (Å²) in [5, 5.41) is 4.79. The molecule has 1 amide bonds. The summed E-state index contributed by atoms with van der Waals surface area (Å²) in [5.74, 6) is 1.50. The molecule has 0 unspecified atom stereocenters. The van der Waals surface area contributed by atoms with Gasteiger partial charge in [-0.2, -0.15) is 0 Å². The Labute approximate surface area is 221 Å². The standard InChI is InChI=1S/C26H29Cl2N5OS/c1-2-3-12-29-25(34)20-10-8-19(9-11-20)18-35-26-30-23(28)17-24(31-26)33-15-13-32(14-16-33)22-7-5-4-6-21(22)27/h4-11,17H,2-3,12-16,18H2,1H3,(H,29,34). The Morgan fingerprint density at radius 3 is 2.43 bits per heavy atom. The van der Waals surface area contributed by atoms with E-state index < -0.39 is 0 Å². The molecule has 1 aromatic heterocycles. The van der Waals surface area contributed by atoms with Crippen molar-refractivity contribution in [2.24, 2.45) is 0 Å². The van der Waals surface area contributed by atoms with Crippen molar-refractivity contribution in [2.45, 2.75) is 30.7 Å². The van der Waals surface area contributed by atoms with Gasteiger partial charge in [-0.3, -0.25) is 4.79 Å². The third-order valence-electron chi connectivity index (χ3n) is 5.86. The van der Waals surface area contributed by atoms with E-state index in [0.717, 1.165) is 61.1 Å². The number of thioether (sulfide) groups is 1. The smallest absolute Gasteiger partial charge is 0.251 e. The summed E-state index contributed by atoms with van der Waals surface area (Å²) >= 11 is 14.2. The number of anilines is 2. The van der Waals surface area contributed by atoms with Crippen molar-refractivity contribution in [3.8, 4) is 0 Å². The maximum atomic E-state index is 12.2. The number of nitrogens with one attached hydrogen (secondary N) is 1. The largest absolute Gasteiger partial charge is 0.367 e. The second-order valence-corrected chi connectivity index (χ2v) is 10.1. The molecule has 0 bridgehead atoms. The number of unbranched alkanes of at least 4 members (excludes halogenated alkanes) is 1. The minimum Gasteiger partial charge on any atom is -0.367 e. The molecule has 4 rings (SSSR count). The Balaban J connectivity index is 1.33. The maximum Gasteiger partial charge on any atom is 0.251 e. The van der Waals surface area contributed by atoms with Crippen LogP contribution in [0.25, 0.3) is 0 Å². The van der Waals surface area contributed by atoms with Crippen molar-refractivity contribution in [3.63, 3.8) is 0 Å². The van der Waals surface area contributed by atoms with Crippen LogP contribution < -0.4 is 15.1 Å². The van der Waals surface area contributed by atoms with E-state index in [0.29, 0.717) is 28.2 Å². The SMILES string of the molecule is CCCCNC(=O)c1ccc(CSc2nc(Cl)cc(N3CCN(c4ccccc4Cl)CC3)n2)cc1. The van der Waals surface area contributed by atoms with Crippen LogP contribution in [0.2, 0.25) is 10.2 Å². The van der Waals surface area contributed by atoms with Gasteiger partial charge in [0, 0.05) is 50.1 Å². The first-order valence-electron chi connectivity index (χ1n) is 11.8. The first-order valence-corrected chi connectivity index (χ1v) is 13.6. The molecule has 1 saturated heterocycles. The number of hydrogen-bond donors (Lipinski definition) is 1. The fourth-order valence-electron chi connectivity index (χ4n) is 3.88. The molecule has 0 radical (unpaired) electrons. The molecular weight excluding hydrogens is 501 g/mol. The number of carbonyl (C=O) groups excluding carboxylic acids is 1. The Kier molecular flexibility index (Phi) is 9.12. The molecular formula is C26H29Cl2N5OS. The molecule has 184 valence electrons. The Hall–Kier alpha value is -2.48. The summed E-state index contributed by atoms with van der Waals surface area (Å²) in [6.45, 7) is 6.16. The quantitative estimate of drug-likeness (QED) is 0.160. The third kappa shape index (κ3) is 7.03. The van der Waals surface area contributed by atoms with Gasteiger partial charge in [0.2, 0.25) is 0 Å². The molecule has 1 aliphatic rings. The van der Waals surface area contributed by atoms with Crippen LogP contribution in [0.4, 0.5) is 11.5 Å². The van der Waals surface area contributed by atoms with Crippen molar-refractivity contribution in [1.82, 2.24) is 15.3 Å². The number of piperazine rings is 1. The molecule has 1 aliphatic heterocycles. The highest BCUT2D eigenvalue weighted by atomic mass is 35.5. The van der Waals surface area contributed by atoms with Crippen LogP contribution >= 0.6 is 35.0 Å². The van der Waals surface area contributed by atoms with Crippen LogP contribution in [0, 0.1) is 0 Å². The van der Waals surface area contributed by atoms with Gasteiger partial charge in [0.05, 0.1) is 10.7 Å². The van der Waals surface area contributed by atoms with Crippen LogP contribution in [0.5, 0.6) is 0 Å². The molecule has 0 spiro atoms. The number of carbonyl (C=O) groups is 1. The zero-order chi connectivity index (χ0) is 24.6. The summed E-state index contributed by atoms with van der Waals surface area (Å²) in [6.07, 6.45) is 2.04. The number of hydrogen-bond acceptors (Lipinski definition) is 6. The van der Waals surface area contributed by atoms with Gasteiger partial charge in [0.15, 0.2) is 5.16 Å². The fraction of sp³-hybridized carbons (Fsp3) is 0.346. The van der Waals surface area contributed by atoms with Gasteiger partial charge in [-0.25, -0.2) is 9.97 Å². The number of aromatic nitrogens is 2. The zero-order valence-electron chi connectivity index (χ0n) is 19.7. The van der Waals surface area contributed by atoms with E-state index in [1.165, 1.54) is 11.8 Å². The predicted molar refractivity (Wildman–Crippen MR) is 146 cm³/mol. The number of amides is 1. The molecule has 1 N–H and O–H groups in total. The minimum absolute atomic E-state index is 0.0323. The van der Waals surface area contributed by atoms with E-state index in [1.807, 2.05) is 48.5 Å². The van der Waals surface area contributed by atoms with Crippen LogP contribution in [0.1, 0.15) is 35.7 Å². The second kappa shape index (κ2) is 12.5. The Bertz CT molecular complexity index is 1140. The first kappa shape index (κ1) is 25.6. The summed E-state index contributed by atoms with van der Waals surface area (Å²) in [7, 11) is 0. The summed E-state index contributed by atoms with van der Waals surface area (Å²) in [4.78, 5) is 25.9. The number of rotatable bonds is 9. The third-order valence-corrected chi connectivity index (χ3v) is 7.29. The molecule has 2 heterocycles. The minimum atomic E-state index is -0.0323. The molecule has 0 aliphatic carbocycles. The number of para-hydroxylation sites is 1. The molecule has 0 atom stereocenters. The molecule has 2 aromatic carbocycles. The molecule has 6 nitrogen and oxygen atoms in total. The summed E-state index contributed by atoms with van der Waals surface area (Å²) < 4.78 is 0. The highest BCUT2D eigenvalue weighted by Gasteiger charge is 2.21. The zero-order valence-corrected chi connectivity index (χ0v) is 22.0. The van der Waals surface area contributed by atoms with Gasteiger partial charge in [-0.1, -0.05) is 72.6 Å². The second-order valence-electron chi connectivity index (χ2n) is 8.35. The van der Waals surface area contributed by atoms with E-state index in [2.05, 4.69) is 33.1 Å². The fourth-order valence-corrected chi connectivity index (χ4v) is 5.17. The normalized spacial score (nSPS) is 13.7. The van der Waals surface area contributed by atoms with E-state index in [4.69, 9.17) is 28.2 Å². The van der Waals surface area contributed by atoms with Crippen molar-refractivity contribution >= 4 is 52.4 Å².